The van der Waals surface area contributed by atoms with E-state index in [4.69, 9.17) is 27.9 Å². The Morgan fingerprint density at radius 3 is 2.43 bits per heavy atom. The number of ether oxygens (including phenoxy) is 1. The predicted octanol–water partition coefficient (Wildman–Crippen LogP) is 3.94. The SMILES string of the molecule is COc1ccc(C(NS(=O)(=O)Cc2ccc(Cl)c(Cl)c2)c2nccn2C)cc1. The van der Waals surface area contributed by atoms with Crippen molar-refractivity contribution in [2.24, 2.45) is 7.05 Å². The second-order valence-electron chi connectivity index (χ2n) is 6.23. The predicted molar refractivity (Wildman–Crippen MR) is 110 cm³/mol. The van der Waals surface area contributed by atoms with Gasteiger partial charge in [-0.1, -0.05) is 41.4 Å². The standard InChI is InChI=1S/C19H19Cl2N3O3S/c1-24-10-9-22-19(24)18(14-4-6-15(27-2)7-5-14)23-28(25,26)12-13-3-8-16(20)17(21)11-13/h3-11,18,23H,12H2,1-2H3. The van der Waals surface area contributed by atoms with Crippen molar-refractivity contribution in [1.29, 1.82) is 0 Å². The highest BCUT2D eigenvalue weighted by molar-refractivity contribution is 7.88. The molecule has 28 heavy (non-hydrogen) atoms. The van der Waals surface area contributed by atoms with Crippen molar-refractivity contribution in [3.63, 3.8) is 0 Å². The second-order valence-corrected chi connectivity index (χ2v) is 8.80. The number of halogens is 2. The summed E-state index contributed by atoms with van der Waals surface area (Å²) in [6.07, 6.45) is 3.39. The van der Waals surface area contributed by atoms with E-state index in [9.17, 15) is 8.42 Å². The van der Waals surface area contributed by atoms with E-state index in [1.54, 1.807) is 66.5 Å². The molecule has 3 rings (SSSR count). The van der Waals surface area contributed by atoms with Gasteiger partial charge >= 0.3 is 0 Å². The van der Waals surface area contributed by atoms with Crippen molar-refractivity contribution in [2.45, 2.75) is 11.8 Å². The number of aromatic nitrogens is 2. The Balaban J connectivity index is 1.91. The van der Waals surface area contributed by atoms with Crippen molar-refractivity contribution in [3.05, 3.63) is 81.9 Å². The summed E-state index contributed by atoms with van der Waals surface area (Å²) in [5.74, 6) is 1.02. The lowest BCUT2D eigenvalue weighted by atomic mass is 10.1. The van der Waals surface area contributed by atoms with Crippen LogP contribution in [-0.4, -0.2) is 25.1 Å². The molecule has 1 unspecified atom stereocenters. The lowest BCUT2D eigenvalue weighted by Crippen LogP contribution is -2.32. The number of imidazole rings is 1. The number of benzene rings is 2. The van der Waals surface area contributed by atoms with Gasteiger partial charge in [-0.05, 0) is 35.4 Å². The third kappa shape index (κ3) is 4.86. The highest BCUT2D eigenvalue weighted by Crippen LogP contribution is 2.26. The van der Waals surface area contributed by atoms with E-state index in [2.05, 4.69) is 9.71 Å². The zero-order chi connectivity index (χ0) is 20.3. The first-order valence-corrected chi connectivity index (χ1v) is 10.7. The molecule has 0 saturated carbocycles. The number of nitrogens with one attached hydrogen (secondary N) is 1. The Labute approximate surface area is 174 Å². The molecule has 1 N–H and O–H groups in total. The summed E-state index contributed by atoms with van der Waals surface area (Å²) in [6.45, 7) is 0. The Hall–Kier alpha value is -2.06. The molecule has 0 radical (unpaired) electrons. The zero-order valence-electron chi connectivity index (χ0n) is 15.3. The first kappa shape index (κ1) is 20.7. The van der Waals surface area contributed by atoms with Gasteiger partial charge < -0.3 is 9.30 Å². The molecular formula is C19H19Cl2N3O3S. The molecule has 1 heterocycles. The Morgan fingerprint density at radius 2 is 1.86 bits per heavy atom. The van der Waals surface area contributed by atoms with Crippen LogP contribution in [0.15, 0.2) is 54.9 Å². The van der Waals surface area contributed by atoms with E-state index in [-0.39, 0.29) is 5.75 Å². The van der Waals surface area contributed by atoms with Crippen LogP contribution in [0.2, 0.25) is 10.0 Å². The first-order valence-electron chi connectivity index (χ1n) is 8.34. The molecule has 0 aliphatic carbocycles. The molecule has 2 aromatic carbocycles. The molecule has 1 atom stereocenters. The molecule has 0 aliphatic rings. The van der Waals surface area contributed by atoms with Crippen LogP contribution >= 0.6 is 23.2 Å². The fourth-order valence-electron chi connectivity index (χ4n) is 2.79. The van der Waals surface area contributed by atoms with E-state index >= 15 is 0 Å². The molecule has 6 nitrogen and oxygen atoms in total. The van der Waals surface area contributed by atoms with E-state index in [0.29, 0.717) is 27.2 Å². The number of hydrogen-bond donors (Lipinski definition) is 1. The average molecular weight is 440 g/mol. The molecule has 0 fully saturated rings. The van der Waals surface area contributed by atoms with Crippen molar-refractivity contribution >= 4 is 33.2 Å². The molecule has 0 saturated heterocycles. The summed E-state index contributed by atoms with van der Waals surface area (Å²) in [4.78, 5) is 4.32. The molecular weight excluding hydrogens is 421 g/mol. The minimum absolute atomic E-state index is 0.235. The van der Waals surface area contributed by atoms with Crippen molar-refractivity contribution in [1.82, 2.24) is 14.3 Å². The summed E-state index contributed by atoms with van der Waals surface area (Å²) in [5, 5.41) is 0.685. The number of aryl methyl sites for hydroxylation is 1. The van der Waals surface area contributed by atoms with Gasteiger partial charge in [0.1, 0.15) is 17.6 Å². The van der Waals surface area contributed by atoms with Crippen molar-refractivity contribution < 1.29 is 13.2 Å². The number of hydrogen-bond acceptors (Lipinski definition) is 4. The number of nitrogens with zero attached hydrogens (tertiary/aromatic N) is 2. The monoisotopic (exact) mass is 439 g/mol. The van der Waals surface area contributed by atoms with Gasteiger partial charge in [-0.2, -0.15) is 4.72 Å². The average Bonchev–Trinajstić information content (AvgIpc) is 3.08. The zero-order valence-corrected chi connectivity index (χ0v) is 17.6. The minimum atomic E-state index is -3.71. The smallest absolute Gasteiger partial charge is 0.216 e. The van der Waals surface area contributed by atoms with E-state index in [1.807, 2.05) is 7.05 Å². The van der Waals surface area contributed by atoms with Crippen LogP contribution in [-0.2, 0) is 22.8 Å². The van der Waals surface area contributed by atoms with Gasteiger partial charge in [-0.25, -0.2) is 13.4 Å². The lowest BCUT2D eigenvalue weighted by molar-refractivity contribution is 0.414. The highest BCUT2D eigenvalue weighted by atomic mass is 35.5. The summed E-state index contributed by atoms with van der Waals surface area (Å²) >= 11 is 11.9. The fourth-order valence-corrected chi connectivity index (χ4v) is 4.41. The minimum Gasteiger partial charge on any atom is -0.497 e. The number of methoxy groups -OCH3 is 1. The largest absolute Gasteiger partial charge is 0.497 e. The number of rotatable bonds is 7. The Morgan fingerprint density at radius 1 is 1.14 bits per heavy atom. The van der Waals surface area contributed by atoms with Crippen LogP contribution in [0.3, 0.4) is 0 Å². The maximum Gasteiger partial charge on any atom is 0.216 e. The number of sulfonamides is 1. The lowest BCUT2D eigenvalue weighted by Gasteiger charge is -2.19. The van der Waals surface area contributed by atoms with Crippen LogP contribution in [0.1, 0.15) is 23.0 Å². The van der Waals surface area contributed by atoms with Crippen LogP contribution in [0.4, 0.5) is 0 Å². The summed E-state index contributed by atoms with van der Waals surface area (Å²) < 4.78 is 35.4. The quantitative estimate of drug-likeness (QED) is 0.604. The molecule has 3 aromatic rings. The Bertz CT molecular complexity index is 1070. The highest BCUT2D eigenvalue weighted by Gasteiger charge is 2.25. The summed E-state index contributed by atoms with van der Waals surface area (Å²) in [5.41, 5.74) is 1.28. The summed E-state index contributed by atoms with van der Waals surface area (Å²) in [6, 6.07) is 11.3. The fraction of sp³-hybridized carbons (Fsp3) is 0.211. The van der Waals surface area contributed by atoms with Crippen LogP contribution in [0.5, 0.6) is 5.75 Å². The third-order valence-corrected chi connectivity index (χ3v) is 6.25. The Kier molecular flexibility index (Phi) is 6.30. The van der Waals surface area contributed by atoms with Gasteiger partial charge in [-0.15, -0.1) is 0 Å². The summed E-state index contributed by atoms with van der Waals surface area (Å²) in [7, 11) is -0.320. The molecule has 0 bridgehead atoms. The van der Waals surface area contributed by atoms with Crippen LogP contribution in [0.25, 0.3) is 0 Å². The van der Waals surface area contributed by atoms with E-state index in [0.717, 1.165) is 5.56 Å². The van der Waals surface area contributed by atoms with Gasteiger partial charge in [0.15, 0.2) is 0 Å². The van der Waals surface area contributed by atoms with Crippen molar-refractivity contribution in [3.8, 4) is 5.75 Å². The van der Waals surface area contributed by atoms with Gasteiger partial charge in [-0.3, -0.25) is 0 Å². The topological polar surface area (TPSA) is 73.2 Å². The molecule has 9 heteroatoms. The first-order chi connectivity index (χ1) is 13.3. The van der Waals surface area contributed by atoms with Gasteiger partial charge in [0.2, 0.25) is 10.0 Å². The third-order valence-electron chi connectivity index (χ3n) is 4.20. The molecule has 0 spiro atoms. The van der Waals surface area contributed by atoms with Crippen molar-refractivity contribution in [2.75, 3.05) is 7.11 Å². The maximum absolute atomic E-state index is 12.9. The van der Waals surface area contributed by atoms with E-state index in [1.165, 1.54) is 0 Å². The van der Waals surface area contributed by atoms with Gasteiger partial charge in [0.25, 0.3) is 0 Å². The van der Waals surface area contributed by atoms with Crippen LogP contribution in [0, 0.1) is 0 Å². The molecule has 0 aliphatic heterocycles. The second kappa shape index (κ2) is 8.53. The normalized spacial score (nSPS) is 12.7. The maximum atomic E-state index is 12.9. The molecule has 0 amide bonds. The van der Waals surface area contributed by atoms with Crippen LogP contribution < -0.4 is 9.46 Å². The van der Waals surface area contributed by atoms with Gasteiger partial charge in [0, 0.05) is 19.4 Å². The molecule has 1 aromatic heterocycles. The van der Waals surface area contributed by atoms with E-state index < -0.39 is 16.1 Å². The molecule has 148 valence electrons. The van der Waals surface area contributed by atoms with Gasteiger partial charge in [0.05, 0.1) is 22.9 Å².